The van der Waals surface area contributed by atoms with Crippen LogP contribution in [0, 0.1) is 0 Å². The van der Waals surface area contributed by atoms with Crippen molar-refractivity contribution in [3.63, 3.8) is 0 Å². The van der Waals surface area contributed by atoms with Gasteiger partial charge in [0.1, 0.15) is 13.1 Å². The molecule has 0 spiro atoms. The highest BCUT2D eigenvalue weighted by Crippen LogP contribution is 2.11. The number of esters is 1. The number of carbonyl (C=O) groups is 2. The van der Waals surface area contributed by atoms with Crippen molar-refractivity contribution in [1.82, 2.24) is 4.90 Å². The first-order chi connectivity index (χ1) is 12.7. The second kappa shape index (κ2) is 8.29. The van der Waals surface area contributed by atoms with E-state index in [2.05, 4.69) is 14.6 Å². The third-order valence-corrected chi connectivity index (χ3v) is 4.37. The van der Waals surface area contributed by atoms with Crippen molar-refractivity contribution in [2.75, 3.05) is 38.2 Å². The number of H-pyrrole nitrogens is 1. The van der Waals surface area contributed by atoms with Gasteiger partial charge in [0.05, 0.1) is 32.0 Å². The largest absolute Gasteiger partial charge is 0.465 e. The molecule has 2 heterocycles. The summed E-state index contributed by atoms with van der Waals surface area (Å²) in [5.74, 6) is 0.699. The molecule has 1 amide bonds. The number of carbonyl (C=O) groups excluding carboxylic acids is 2. The summed E-state index contributed by atoms with van der Waals surface area (Å²) < 4.78 is 4.67. The van der Waals surface area contributed by atoms with E-state index < -0.39 is 0 Å². The summed E-state index contributed by atoms with van der Waals surface area (Å²) in [5.41, 5.74) is 1.35. The number of anilines is 1. The summed E-state index contributed by atoms with van der Waals surface area (Å²) in [5, 5.41) is 0. The van der Waals surface area contributed by atoms with Crippen LogP contribution in [0.3, 0.4) is 0 Å². The number of hydrogen-bond acceptors (Lipinski definition) is 4. The smallest absolute Gasteiger partial charge is 0.337 e. The molecular formula is C20H22N3O3+. The lowest BCUT2D eigenvalue weighted by molar-refractivity contribution is -0.364. The van der Waals surface area contributed by atoms with Crippen LogP contribution in [0.1, 0.15) is 15.9 Å². The van der Waals surface area contributed by atoms with Gasteiger partial charge in [0.2, 0.25) is 5.91 Å². The van der Waals surface area contributed by atoms with E-state index in [1.807, 2.05) is 29.3 Å². The third-order valence-electron chi connectivity index (χ3n) is 4.37. The van der Waals surface area contributed by atoms with Gasteiger partial charge in [-0.25, -0.2) is 9.78 Å². The van der Waals surface area contributed by atoms with E-state index in [9.17, 15) is 9.59 Å². The van der Waals surface area contributed by atoms with Gasteiger partial charge in [-0.15, -0.1) is 0 Å². The highest BCUT2D eigenvalue weighted by Gasteiger charge is 2.24. The van der Waals surface area contributed by atoms with Crippen LogP contribution in [0.4, 0.5) is 5.82 Å². The minimum absolute atomic E-state index is 0.00117. The SMILES string of the molecule is COC(=O)c1ccc(/C=C/C(=O)N2CCN(c3cccc[nH+]3)CC2)cc1. The average Bonchev–Trinajstić information content (AvgIpc) is 2.72. The average molecular weight is 352 g/mol. The molecule has 1 aromatic heterocycles. The number of amides is 1. The minimum atomic E-state index is -0.370. The predicted molar refractivity (Wildman–Crippen MR) is 98.6 cm³/mol. The Bertz CT molecular complexity index is 780. The van der Waals surface area contributed by atoms with Gasteiger partial charge in [-0.05, 0) is 29.8 Å². The molecule has 3 rings (SSSR count). The van der Waals surface area contributed by atoms with Crippen molar-refractivity contribution < 1.29 is 19.3 Å². The monoisotopic (exact) mass is 352 g/mol. The molecule has 134 valence electrons. The van der Waals surface area contributed by atoms with Crippen molar-refractivity contribution in [2.24, 2.45) is 0 Å². The Morgan fingerprint density at radius 1 is 1.04 bits per heavy atom. The van der Waals surface area contributed by atoms with Gasteiger partial charge < -0.3 is 9.64 Å². The minimum Gasteiger partial charge on any atom is -0.465 e. The summed E-state index contributed by atoms with van der Waals surface area (Å²) in [6, 6.07) is 12.9. The molecule has 6 heteroatoms. The fourth-order valence-corrected chi connectivity index (χ4v) is 2.87. The number of methoxy groups -OCH3 is 1. The van der Waals surface area contributed by atoms with E-state index in [-0.39, 0.29) is 11.9 Å². The summed E-state index contributed by atoms with van der Waals surface area (Å²) in [6.45, 7) is 2.97. The van der Waals surface area contributed by atoms with Gasteiger partial charge in [-0.2, -0.15) is 0 Å². The standard InChI is InChI=1S/C20H21N3O3/c1-26-20(25)17-8-5-16(6-9-17)7-10-19(24)23-14-12-22(13-15-23)18-4-2-3-11-21-18/h2-11H,12-15H2,1H3/p+1/b10-7+. The van der Waals surface area contributed by atoms with Crippen LogP contribution in [0.5, 0.6) is 0 Å². The molecule has 0 atom stereocenters. The number of nitrogens with zero attached hydrogens (tertiary/aromatic N) is 2. The van der Waals surface area contributed by atoms with Crippen LogP contribution < -0.4 is 9.88 Å². The number of aromatic amines is 1. The number of aromatic nitrogens is 1. The van der Waals surface area contributed by atoms with E-state index in [1.165, 1.54) is 7.11 Å². The quantitative estimate of drug-likeness (QED) is 0.620. The van der Waals surface area contributed by atoms with Gasteiger partial charge >= 0.3 is 5.97 Å². The zero-order valence-electron chi connectivity index (χ0n) is 14.7. The number of piperazine rings is 1. The van der Waals surface area contributed by atoms with Gasteiger partial charge in [0.15, 0.2) is 0 Å². The van der Waals surface area contributed by atoms with Crippen molar-refractivity contribution >= 4 is 23.8 Å². The van der Waals surface area contributed by atoms with E-state index in [1.54, 1.807) is 36.4 Å². The molecule has 0 saturated carbocycles. The summed E-state index contributed by atoms with van der Waals surface area (Å²) in [7, 11) is 1.35. The van der Waals surface area contributed by atoms with Crippen molar-refractivity contribution in [2.45, 2.75) is 0 Å². The molecule has 2 aromatic rings. The van der Waals surface area contributed by atoms with Gasteiger partial charge in [-0.3, -0.25) is 9.69 Å². The zero-order valence-corrected chi connectivity index (χ0v) is 14.7. The molecule has 0 bridgehead atoms. The number of nitrogens with one attached hydrogen (secondary N) is 1. The highest BCUT2D eigenvalue weighted by atomic mass is 16.5. The predicted octanol–water partition coefficient (Wildman–Crippen LogP) is 1.65. The molecule has 1 N–H and O–H groups in total. The fourth-order valence-electron chi connectivity index (χ4n) is 2.87. The second-order valence-corrected chi connectivity index (χ2v) is 6.01. The van der Waals surface area contributed by atoms with E-state index in [0.717, 1.165) is 24.5 Å². The van der Waals surface area contributed by atoms with Crippen LogP contribution in [0.15, 0.2) is 54.7 Å². The summed E-state index contributed by atoms with van der Waals surface area (Å²) in [6.07, 6.45) is 5.25. The molecule has 1 aromatic carbocycles. The van der Waals surface area contributed by atoms with Gasteiger partial charge in [-0.1, -0.05) is 18.2 Å². The second-order valence-electron chi connectivity index (χ2n) is 6.01. The van der Waals surface area contributed by atoms with Crippen LogP contribution in [0.25, 0.3) is 6.08 Å². The number of hydrogen-bond donors (Lipinski definition) is 0. The number of pyridine rings is 1. The molecule has 26 heavy (non-hydrogen) atoms. The number of ether oxygens (including phenoxy) is 1. The van der Waals surface area contributed by atoms with Crippen LogP contribution >= 0.6 is 0 Å². The Morgan fingerprint density at radius 2 is 1.77 bits per heavy atom. The van der Waals surface area contributed by atoms with Crippen molar-refractivity contribution in [3.8, 4) is 0 Å². The maximum atomic E-state index is 12.4. The first-order valence-corrected chi connectivity index (χ1v) is 8.54. The summed E-state index contributed by atoms with van der Waals surface area (Å²) in [4.78, 5) is 31.1. The topological polar surface area (TPSA) is 64.0 Å². The Hall–Kier alpha value is -3.15. The van der Waals surface area contributed by atoms with Crippen LogP contribution in [-0.2, 0) is 9.53 Å². The summed E-state index contributed by atoms with van der Waals surface area (Å²) >= 11 is 0. The lowest BCUT2D eigenvalue weighted by Crippen LogP contribution is -2.49. The Balaban J connectivity index is 1.54. The first kappa shape index (κ1) is 17.7. The number of rotatable bonds is 4. The lowest BCUT2D eigenvalue weighted by Gasteiger charge is -2.30. The maximum absolute atomic E-state index is 12.4. The first-order valence-electron chi connectivity index (χ1n) is 8.54. The molecule has 1 aliphatic rings. The third kappa shape index (κ3) is 4.27. The van der Waals surface area contributed by atoms with E-state index in [4.69, 9.17) is 0 Å². The molecule has 1 saturated heterocycles. The Morgan fingerprint density at radius 3 is 2.38 bits per heavy atom. The van der Waals surface area contributed by atoms with Gasteiger partial charge in [0, 0.05) is 12.1 Å². The van der Waals surface area contributed by atoms with Gasteiger partial charge in [0.25, 0.3) is 5.82 Å². The zero-order chi connectivity index (χ0) is 18.4. The van der Waals surface area contributed by atoms with Crippen LogP contribution in [0.2, 0.25) is 0 Å². The molecule has 6 nitrogen and oxygen atoms in total. The molecule has 1 fully saturated rings. The number of benzene rings is 1. The fraction of sp³-hybridized carbons (Fsp3) is 0.250. The Labute approximate surface area is 152 Å². The van der Waals surface area contributed by atoms with E-state index in [0.29, 0.717) is 18.7 Å². The van der Waals surface area contributed by atoms with Crippen molar-refractivity contribution in [1.29, 1.82) is 0 Å². The van der Waals surface area contributed by atoms with Crippen LogP contribution in [-0.4, -0.2) is 50.1 Å². The van der Waals surface area contributed by atoms with Crippen molar-refractivity contribution in [3.05, 3.63) is 65.9 Å². The molecule has 0 aliphatic carbocycles. The lowest BCUT2D eigenvalue weighted by atomic mass is 10.1. The normalized spacial score (nSPS) is 14.5. The highest BCUT2D eigenvalue weighted by molar-refractivity contribution is 5.92. The Kier molecular flexibility index (Phi) is 5.63. The van der Waals surface area contributed by atoms with E-state index >= 15 is 0 Å². The molecule has 0 unspecified atom stereocenters. The molecule has 0 radical (unpaired) electrons. The molecular weight excluding hydrogens is 330 g/mol. The maximum Gasteiger partial charge on any atom is 0.337 e. The molecule has 1 aliphatic heterocycles.